The van der Waals surface area contributed by atoms with Gasteiger partial charge < -0.3 is 11.1 Å². The average Bonchev–Trinajstić information content (AvgIpc) is 2.84. The van der Waals surface area contributed by atoms with Crippen molar-refractivity contribution in [2.75, 3.05) is 17.6 Å². The van der Waals surface area contributed by atoms with Gasteiger partial charge in [-0.15, -0.1) is 0 Å². The van der Waals surface area contributed by atoms with E-state index in [0.717, 1.165) is 23.4 Å². The first-order chi connectivity index (χ1) is 9.31. The maximum absolute atomic E-state index is 5.60. The molecule has 0 aliphatic heterocycles. The molecule has 0 bridgehead atoms. The summed E-state index contributed by atoms with van der Waals surface area (Å²) in [5.74, 6) is 0.763. The maximum atomic E-state index is 5.60. The molecule has 0 spiro atoms. The van der Waals surface area contributed by atoms with Crippen LogP contribution < -0.4 is 11.1 Å². The number of hydrogen-bond donors (Lipinski definition) is 2. The van der Waals surface area contributed by atoms with E-state index in [-0.39, 0.29) is 0 Å². The van der Waals surface area contributed by atoms with E-state index in [2.05, 4.69) is 20.4 Å². The zero-order chi connectivity index (χ0) is 13.1. The lowest BCUT2D eigenvalue weighted by Gasteiger charge is -2.06. The van der Waals surface area contributed by atoms with E-state index in [1.165, 1.54) is 0 Å². The first-order valence-corrected chi connectivity index (χ1v) is 6.05. The minimum absolute atomic E-state index is 0.672. The van der Waals surface area contributed by atoms with Crippen LogP contribution >= 0.6 is 0 Å². The van der Waals surface area contributed by atoms with Crippen LogP contribution in [-0.2, 0) is 6.54 Å². The molecule has 0 saturated carbocycles. The maximum Gasteiger partial charge on any atom is 0.145 e. The van der Waals surface area contributed by atoms with E-state index >= 15 is 0 Å². The van der Waals surface area contributed by atoms with E-state index in [1.54, 1.807) is 23.3 Å². The number of nitrogens with zero attached hydrogens (tertiary/aromatic N) is 4. The molecular weight excluding hydrogens is 240 g/mol. The molecule has 3 aromatic rings. The molecule has 6 heteroatoms. The van der Waals surface area contributed by atoms with Crippen LogP contribution in [0.4, 0.5) is 11.5 Å². The van der Waals surface area contributed by atoms with Gasteiger partial charge in [0, 0.05) is 12.7 Å². The fourth-order valence-corrected chi connectivity index (χ4v) is 1.84. The number of nitrogens with one attached hydrogen (secondary N) is 1. The van der Waals surface area contributed by atoms with Gasteiger partial charge in [-0.2, -0.15) is 5.10 Å². The third kappa shape index (κ3) is 2.62. The Hall–Kier alpha value is -2.63. The predicted octanol–water partition coefficient (Wildman–Crippen LogP) is 1.52. The fourth-order valence-electron chi connectivity index (χ4n) is 1.84. The molecule has 96 valence electrons. The molecule has 2 heterocycles. The molecule has 2 aromatic heterocycles. The first kappa shape index (κ1) is 11.5. The first-order valence-electron chi connectivity index (χ1n) is 6.05. The van der Waals surface area contributed by atoms with Crippen LogP contribution in [0.2, 0.25) is 0 Å². The van der Waals surface area contributed by atoms with Crippen LogP contribution in [0.5, 0.6) is 0 Å². The molecule has 0 fully saturated rings. The van der Waals surface area contributed by atoms with E-state index < -0.39 is 0 Å². The Labute approximate surface area is 110 Å². The van der Waals surface area contributed by atoms with Gasteiger partial charge in [0.15, 0.2) is 0 Å². The fraction of sp³-hybridized carbons (Fsp3) is 0.154. The molecular formula is C13H14N6. The summed E-state index contributed by atoms with van der Waals surface area (Å²) in [4.78, 5) is 8.83. The number of anilines is 2. The quantitative estimate of drug-likeness (QED) is 0.737. The average molecular weight is 254 g/mol. The van der Waals surface area contributed by atoms with Crippen molar-refractivity contribution in [3.05, 3.63) is 42.9 Å². The van der Waals surface area contributed by atoms with Crippen molar-refractivity contribution in [3.63, 3.8) is 0 Å². The summed E-state index contributed by atoms with van der Waals surface area (Å²) < 4.78 is 1.79. The number of para-hydroxylation sites is 2. The Balaban J connectivity index is 1.65. The third-order valence-electron chi connectivity index (χ3n) is 2.75. The smallest absolute Gasteiger partial charge is 0.145 e. The van der Waals surface area contributed by atoms with Gasteiger partial charge in [-0.25, -0.2) is 4.98 Å². The van der Waals surface area contributed by atoms with Gasteiger partial charge in [0.2, 0.25) is 0 Å². The molecule has 6 nitrogen and oxygen atoms in total. The van der Waals surface area contributed by atoms with Gasteiger partial charge in [0.1, 0.15) is 5.82 Å². The van der Waals surface area contributed by atoms with E-state index in [1.807, 2.05) is 24.3 Å². The van der Waals surface area contributed by atoms with Gasteiger partial charge in [-0.05, 0) is 12.1 Å². The summed E-state index contributed by atoms with van der Waals surface area (Å²) >= 11 is 0. The summed E-state index contributed by atoms with van der Waals surface area (Å²) in [6.07, 6.45) is 5.17. The number of hydrogen-bond acceptors (Lipinski definition) is 5. The largest absolute Gasteiger partial charge is 0.396 e. The molecule has 1 aromatic carbocycles. The van der Waals surface area contributed by atoms with Crippen LogP contribution in [0.25, 0.3) is 11.0 Å². The zero-order valence-electron chi connectivity index (χ0n) is 10.3. The van der Waals surface area contributed by atoms with Crippen molar-refractivity contribution >= 4 is 22.5 Å². The van der Waals surface area contributed by atoms with Gasteiger partial charge in [0.05, 0.1) is 35.7 Å². The lowest BCUT2D eigenvalue weighted by molar-refractivity contribution is 0.637. The highest BCUT2D eigenvalue weighted by Gasteiger charge is 1.99. The molecule has 0 aliphatic carbocycles. The Morgan fingerprint density at radius 1 is 1.16 bits per heavy atom. The molecule has 3 rings (SSSR count). The molecule has 3 N–H and O–H groups in total. The summed E-state index contributed by atoms with van der Waals surface area (Å²) in [5, 5.41) is 7.33. The summed E-state index contributed by atoms with van der Waals surface area (Å²) in [6, 6.07) is 7.79. The van der Waals surface area contributed by atoms with Crippen molar-refractivity contribution in [1.29, 1.82) is 0 Å². The van der Waals surface area contributed by atoms with Crippen molar-refractivity contribution in [2.24, 2.45) is 0 Å². The Bertz CT molecular complexity index is 690. The molecule has 0 aliphatic rings. The van der Waals surface area contributed by atoms with E-state index in [9.17, 15) is 0 Å². The zero-order valence-corrected chi connectivity index (χ0v) is 10.3. The van der Waals surface area contributed by atoms with Crippen LogP contribution in [0.15, 0.2) is 42.9 Å². The van der Waals surface area contributed by atoms with Crippen LogP contribution in [0, 0.1) is 0 Å². The summed E-state index contributed by atoms with van der Waals surface area (Å²) in [6.45, 7) is 1.44. The van der Waals surface area contributed by atoms with E-state index in [0.29, 0.717) is 12.2 Å². The normalized spacial score (nSPS) is 10.7. The second-order valence-electron chi connectivity index (χ2n) is 4.21. The molecule has 0 radical (unpaired) electrons. The standard InChI is InChI=1S/C13H14N6/c14-10-7-17-19(9-10)6-5-15-13-8-16-11-3-1-2-4-12(11)18-13/h1-4,7-9H,5-6,14H2,(H,15,18). The molecule has 0 atom stereocenters. The minimum atomic E-state index is 0.672. The van der Waals surface area contributed by atoms with Crippen LogP contribution in [-0.4, -0.2) is 26.3 Å². The van der Waals surface area contributed by atoms with Crippen molar-refractivity contribution in [2.45, 2.75) is 6.54 Å². The highest BCUT2D eigenvalue weighted by molar-refractivity contribution is 5.75. The second kappa shape index (κ2) is 4.93. The molecule has 19 heavy (non-hydrogen) atoms. The lowest BCUT2D eigenvalue weighted by atomic mass is 10.3. The van der Waals surface area contributed by atoms with Gasteiger partial charge >= 0.3 is 0 Å². The minimum Gasteiger partial charge on any atom is -0.396 e. The SMILES string of the molecule is Nc1cnn(CCNc2cnc3ccccc3n2)c1. The number of fused-ring (bicyclic) bond motifs is 1. The van der Waals surface area contributed by atoms with Gasteiger partial charge in [0.25, 0.3) is 0 Å². The third-order valence-corrected chi connectivity index (χ3v) is 2.75. The highest BCUT2D eigenvalue weighted by atomic mass is 15.3. The number of benzene rings is 1. The van der Waals surface area contributed by atoms with E-state index in [4.69, 9.17) is 5.73 Å². The number of aromatic nitrogens is 4. The van der Waals surface area contributed by atoms with Crippen molar-refractivity contribution in [3.8, 4) is 0 Å². The monoisotopic (exact) mass is 254 g/mol. The number of nitrogens with two attached hydrogens (primary N) is 1. The Morgan fingerprint density at radius 3 is 2.79 bits per heavy atom. The number of rotatable bonds is 4. The molecule has 0 unspecified atom stereocenters. The van der Waals surface area contributed by atoms with Crippen LogP contribution in [0.3, 0.4) is 0 Å². The molecule has 0 saturated heterocycles. The number of nitrogen functional groups attached to an aromatic ring is 1. The highest BCUT2D eigenvalue weighted by Crippen LogP contribution is 2.10. The predicted molar refractivity (Wildman–Crippen MR) is 74.7 cm³/mol. The van der Waals surface area contributed by atoms with Crippen molar-refractivity contribution < 1.29 is 0 Å². The summed E-state index contributed by atoms with van der Waals surface area (Å²) in [7, 11) is 0. The van der Waals surface area contributed by atoms with Gasteiger partial charge in [-0.1, -0.05) is 12.1 Å². The lowest BCUT2D eigenvalue weighted by Crippen LogP contribution is -2.11. The second-order valence-corrected chi connectivity index (χ2v) is 4.21. The Morgan fingerprint density at radius 2 is 2.00 bits per heavy atom. The van der Waals surface area contributed by atoms with Crippen LogP contribution in [0.1, 0.15) is 0 Å². The Kier molecular flexibility index (Phi) is 2.97. The molecule has 0 amide bonds. The summed E-state index contributed by atoms with van der Waals surface area (Å²) in [5.41, 5.74) is 8.05. The van der Waals surface area contributed by atoms with Gasteiger partial charge in [-0.3, -0.25) is 9.67 Å². The van der Waals surface area contributed by atoms with Crippen molar-refractivity contribution in [1.82, 2.24) is 19.7 Å². The topological polar surface area (TPSA) is 81.6 Å².